The molecule has 1 heterocycles. The fourth-order valence-electron chi connectivity index (χ4n) is 3.14. The average Bonchev–Trinajstić information content (AvgIpc) is 2.78. The number of phenols is 4. The van der Waals surface area contributed by atoms with E-state index < -0.39 is 0 Å². The Kier molecular flexibility index (Phi) is 5.86. The minimum Gasteiger partial charge on any atom is -0.506 e. The predicted molar refractivity (Wildman–Crippen MR) is 129 cm³/mol. The molecule has 0 aliphatic carbocycles. The number of phenolic OH excluding ortho intramolecular Hbond substituents is 4. The van der Waals surface area contributed by atoms with Gasteiger partial charge in [0.15, 0.2) is 0 Å². The van der Waals surface area contributed by atoms with Crippen molar-refractivity contribution in [3.8, 4) is 23.0 Å². The second-order valence-corrected chi connectivity index (χ2v) is 11.2. The topological polar surface area (TPSA) is 80.9 Å². The molecule has 1 aliphatic heterocycles. The van der Waals surface area contributed by atoms with E-state index in [2.05, 4.69) is 0 Å². The van der Waals surface area contributed by atoms with E-state index in [4.69, 9.17) is 0 Å². The maximum atomic E-state index is 10.9. The van der Waals surface area contributed by atoms with Gasteiger partial charge in [0.1, 0.15) is 23.0 Å². The van der Waals surface area contributed by atoms with E-state index in [0.29, 0.717) is 39.2 Å². The molecule has 0 radical (unpaired) electrons. The lowest BCUT2D eigenvalue weighted by atomic mass is 10.3. The van der Waals surface area contributed by atoms with Crippen molar-refractivity contribution in [2.45, 2.75) is 39.2 Å². The molecule has 8 heteroatoms. The largest absolute Gasteiger partial charge is 0.506 e. The Labute approximate surface area is 201 Å². The van der Waals surface area contributed by atoms with Crippen molar-refractivity contribution >= 4 is 47.0 Å². The Bertz CT molecular complexity index is 1050. The van der Waals surface area contributed by atoms with Crippen LogP contribution in [0.15, 0.2) is 112 Å². The van der Waals surface area contributed by atoms with Gasteiger partial charge in [-0.05, 0) is 48.5 Å². The Morgan fingerprint density at radius 1 is 0.312 bits per heavy atom. The zero-order valence-corrected chi connectivity index (χ0v) is 19.6. The van der Waals surface area contributed by atoms with Gasteiger partial charge >= 0.3 is 0 Å². The molecule has 0 aromatic heterocycles. The molecule has 4 aromatic rings. The summed E-state index contributed by atoms with van der Waals surface area (Å²) in [4.78, 5) is 4.74. The Morgan fingerprint density at radius 2 is 0.469 bits per heavy atom. The van der Waals surface area contributed by atoms with Crippen molar-refractivity contribution < 1.29 is 20.4 Å². The summed E-state index contributed by atoms with van der Waals surface area (Å²) in [7, 11) is 0. The van der Waals surface area contributed by atoms with Gasteiger partial charge in [0.05, 0.1) is 39.2 Å². The fourth-order valence-corrected chi connectivity index (χ4v) is 7.17. The highest BCUT2D eigenvalue weighted by Crippen LogP contribution is 2.52. The lowest BCUT2D eigenvalue weighted by Gasteiger charge is -2.15. The quantitative estimate of drug-likeness (QED) is 0.176. The van der Waals surface area contributed by atoms with Crippen LogP contribution in [0.4, 0.5) is 0 Å². The van der Waals surface area contributed by atoms with Crippen LogP contribution in [-0.4, -0.2) is 20.4 Å². The molecule has 5 rings (SSSR count). The van der Waals surface area contributed by atoms with Crippen LogP contribution in [-0.2, 0) is 0 Å². The summed E-state index contributed by atoms with van der Waals surface area (Å²) >= 11 is 5.03. The number of fused-ring (bicyclic) bond motifs is 8. The van der Waals surface area contributed by atoms with E-state index in [1.807, 2.05) is 24.3 Å². The van der Waals surface area contributed by atoms with Gasteiger partial charge in [-0.3, -0.25) is 0 Å². The molecule has 0 fully saturated rings. The van der Waals surface area contributed by atoms with Crippen LogP contribution >= 0.6 is 47.0 Å². The minimum atomic E-state index is 0.0902. The van der Waals surface area contributed by atoms with Crippen molar-refractivity contribution in [1.82, 2.24) is 0 Å². The molecular weight excluding hydrogens is 481 g/mol. The average molecular weight is 497 g/mol. The molecule has 0 amide bonds. The molecule has 4 aromatic carbocycles. The number of rotatable bonds is 0. The van der Waals surface area contributed by atoms with Crippen molar-refractivity contribution in [2.75, 3.05) is 0 Å². The summed E-state index contributed by atoms with van der Waals surface area (Å²) in [5.74, 6) is 0.361. The van der Waals surface area contributed by atoms with E-state index in [0.717, 1.165) is 0 Å². The van der Waals surface area contributed by atoms with E-state index in [1.165, 1.54) is 47.0 Å². The first kappa shape index (κ1) is 21.3. The van der Waals surface area contributed by atoms with Crippen LogP contribution in [0.2, 0.25) is 0 Å². The van der Waals surface area contributed by atoms with Crippen LogP contribution < -0.4 is 0 Å². The first-order valence-electron chi connectivity index (χ1n) is 9.50. The normalized spacial score (nSPS) is 13.0. The van der Waals surface area contributed by atoms with E-state index in [9.17, 15) is 20.4 Å². The van der Waals surface area contributed by atoms with Gasteiger partial charge in [-0.1, -0.05) is 71.3 Å². The molecule has 0 unspecified atom stereocenters. The molecule has 0 atom stereocenters. The van der Waals surface area contributed by atoms with Gasteiger partial charge in [-0.25, -0.2) is 0 Å². The molecule has 32 heavy (non-hydrogen) atoms. The Morgan fingerprint density at radius 3 is 0.625 bits per heavy atom. The van der Waals surface area contributed by atoms with Crippen molar-refractivity contribution in [1.29, 1.82) is 0 Å². The lowest BCUT2D eigenvalue weighted by molar-refractivity contribution is 0.444. The molecule has 0 saturated carbocycles. The number of hydrogen-bond acceptors (Lipinski definition) is 8. The highest BCUT2D eigenvalue weighted by atomic mass is 32.2. The third kappa shape index (κ3) is 3.99. The third-order valence-electron chi connectivity index (χ3n) is 4.73. The molecule has 0 saturated heterocycles. The zero-order valence-electron chi connectivity index (χ0n) is 16.4. The predicted octanol–water partition coefficient (Wildman–Crippen LogP) is 7.43. The highest BCUT2D eigenvalue weighted by Gasteiger charge is 2.19. The SMILES string of the molecule is Oc1c2cccc1Sc1cccc(c1O)Sc1cccc(c1O)Sc1cccc(c1O)S2. The fraction of sp³-hybridized carbons (Fsp3) is 0. The number of hydrogen-bond donors (Lipinski definition) is 4. The molecule has 0 spiro atoms. The van der Waals surface area contributed by atoms with Gasteiger partial charge < -0.3 is 20.4 Å². The standard InChI is InChI=1S/C24H16O4S4/c25-21-13-5-1-6-14(21)30-16-8-3-10-18(23(16)27)32-20-12-4-11-19(24(20)28)31-17-9-2-7-15(29-13)22(17)26/h1-12,25-28H. The van der Waals surface area contributed by atoms with Crippen LogP contribution in [0.5, 0.6) is 23.0 Å². The Balaban J connectivity index is 1.71. The van der Waals surface area contributed by atoms with Crippen molar-refractivity contribution in [3.63, 3.8) is 0 Å². The first-order chi connectivity index (χ1) is 15.5. The zero-order chi connectivity index (χ0) is 22.2. The monoisotopic (exact) mass is 496 g/mol. The number of para-hydroxylation sites is 4. The second kappa shape index (κ2) is 8.78. The Hall–Kier alpha value is -2.52. The van der Waals surface area contributed by atoms with Gasteiger partial charge in [-0.15, -0.1) is 0 Å². The maximum Gasteiger partial charge on any atom is 0.143 e. The number of benzene rings is 4. The summed E-state index contributed by atoms with van der Waals surface area (Å²) in [5, 5.41) is 43.6. The van der Waals surface area contributed by atoms with Crippen molar-refractivity contribution in [3.05, 3.63) is 72.8 Å². The molecule has 4 nitrogen and oxygen atoms in total. The van der Waals surface area contributed by atoms with E-state index in [-0.39, 0.29) is 23.0 Å². The van der Waals surface area contributed by atoms with Gasteiger partial charge in [0.25, 0.3) is 0 Å². The van der Waals surface area contributed by atoms with Crippen molar-refractivity contribution in [2.24, 2.45) is 0 Å². The molecule has 4 N–H and O–H groups in total. The molecule has 160 valence electrons. The minimum absolute atomic E-state index is 0.0902. The van der Waals surface area contributed by atoms with Crippen LogP contribution in [0.3, 0.4) is 0 Å². The molecule has 1 aliphatic rings. The second-order valence-electron chi connectivity index (χ2n) is 6.82. The van der Waals surface area contributed by atoms with E-state index >= 15 is 0 Å². The third-order valence-corrected chi connectivity index (χ3v) is 9.12. The van der Waals surface area contributed by atoms with Crippen LogP contribution in [0.25, 0.3) is 0 Å². The van der Waals surface area contributed by atoms with E-state index in [1.54, 1.807) is 48.5 Å². The molecular formula is C24H16O4S4. The lowest BCUT2D eigenvalue weighted by Crippen LogP contribution is -1.86. The summed E-state index contributed by atoms with van der Waals surface area (Å²) in [6.07, 6.45) is 0. The highest BCUT2D eigenvalue weighted by molar-refractivity contribution is 8.01. The first-order valence-corrected chi connectivity index (χ1v) is 12.8. The summed E-state index contributed by atoms with van der Waals surface area (Å²) in [5.41, 5.74) is 0. The number of aromatic hydroxyl groups is 4. The van der Waals surface area contributed by atoms with Gasteiger partial charge in [0.2, 0.25) is 0 Å². The van der Waals surface area contributed by atoms with Crippen LogP contribution in [0.1, 0.15) is 0 Å². The van der Waals surface area contributed by atoms with Gasteiger partial charge in [0, 0.05) is 0 Å². The van der Waals surface area contributed by atoms with Crippen LogP contribution in [0, 0.1) is 0 Å². The summed E-state index contributed by atoms with van der Waals surface area (Å²) in [6, 6.07) is 21.6. The summed E-state index contributed by atoms with van der Waals surface area (Å²) < 4.78 is 0. The molecule has 8 bridgehead atoms. The summed E-state index contributed by atoms with van der Waals surface area (Å²) in [6.45, 7) is 0. The smallest absolute Gasteiger partial charge is 0.143 e. The van der Waals surface area contributed by atoms with Gasteiger partial charge in [-0.2, -0.15) is 0 Å². The maximum absolute atomic E-state index is 10.9.